The summed E-state index contributed by atoms with van der Waals surface area (Å²) in [5.74, 6) is 2.09. The molecule has 0 spiro atoms. The molecule has 0 fully saturated rings. The van der Waals surface area contributed by atoms with Crippen molar-refractivity contribution in [1.29, 1.82) is 0 Å². The van der Waals surface area contributed by atoms with Gasteiger partial charge in [-0.3, -0.25) is 9.97 Å². The Morgan fingerprint density at radius 3 is 1.93 bits per heavy atom. The van der Waals surface area contributed by atoms with Crippen molar-refractivity contribution in [2.45, 2.75) is 39.5 Å². The van der Waals surface area contributed by atoms with Crippen LogP contribution in [-0.4, -0.2) is 19.5 Å². The van der Waals surface area contributed by atoms with Crippen molar-refractivity contribution >= 4 is 22.1 Å². The Morgan fingerprint density at radius 2 is 1.27 bits per heavy atom. The van der Waals surface area contributed by atoms with Gasteiger partial charge in [-0.2, -0.15) is 0 Å². The van der Waals surface area contributed by atoms with Gasteiger partial charge in [0.2, 0.25) is 5.89 Å². The van der Waals surface area contributed by atoms with Crippen molar-refractivity contribution in [2.75, 3.05) is 0 Å². The van der Waals surface area contributed by atoms with E-state index in [4.69, 9.17) is 14.4 Å². The van der Waals surface area contributed by atoms with E-state index >= 15 is 0 Å². The molecule has 273 valence electrons. The van der Waals surface area contributed by atoms with Crippen LogP contribution in [0.5, 0.6) is 0 Å². The molecule has 1 radical (unpaired) electrons. The fraction of sp³-hybridized carbons (Fsp3) is 0.122. The Morgan fingerprint density at radius 1 is 0.618 bits per heavy atom. The third-order valence-corrected chi connectivity index (χ3v) is 9.54. The van der Waals surface area contributed by atoms with Gasteiger partial charge in [0.05, 0.1) is 22.4 Å². The standard InChI is InChI=1S/C38H32N3O.C11H8N.Ir/c1-24(2)29-18-13-19-30(25(3)4)36(29)41-33-21-12-11-20-32(33)39-37(41)28-22-31(26-14-7-5-8-15-26)35-34(23-28)42-38(40-35)27-16-9-6-10-17-27;1-2-6-10(7-3-1)11-8-4-5-9-12-11;/h5-22,24-25H,1-4H3;1-6,8-9H;/q2*-1;. The zero-order valence-electron chi connectivity index (χ0n) is 31.2. The predicted octanol–water partition coefficient (Wildman–Crippen LogP) is 12.8. The van der Waals surface area contributed by atoms with Crippen LogP contribution in [-0.2, 0) is 20.1 Å². The molecule has 3 heterocycles. The summed E-state index contributed by atoms with van der Waals surface area (Å²) >= 11 is 0. The number of nitrogens with zero attached hydrogens (tertiary/aromatic N) is 4. The van der Waals surface area contributed by atoms with Gasteiger partial charge in [0.1, 0.15) is 0 Å². The average Bonchev–Trinajstić information content (AvgIpc) is 3.84. The number of fused-ring (bicyclic) bond motifs is 2. The zero-order chi connectivity index (χ0) is 37.0. The molecule has 0 bridgehead atoms. The average molecular weight is 893 g/mol. The molecule has 0 saturated heterocycles. The van der Waals surface area contributed by atoms with E-state index in [0.29, 0.717) is 23.3 Å². The fourth-order valence-corrected chi connectivity index (χ4v) is 6.90. The van der Waals surface area contributed by atoms with Gasteiger partial charge in [0.15, 0.2) is 0 Å². The summed E-state index contributed by atoms with van der Waals surface area (Å²) in [4.78, 5) is 14.4. The summed E-state index contributed by atoms with van der Waals surface area (Å²) in [5.41, 5.74) is 13.1. The van der Waals surface area contributed by atoms with E-state index in [-0.39, 0.29) is 20.1 Å². The van der Waals surface area contributed by atoms with Crippen molar-refractivity contribution in [3.05, 3.63) is 181 Å². The van der Waals surface area contributed by atoms with Crippen molar-refractivity contribution < 1.29 is 24.5 Å². The van der Waals surface area contributed by atoms with E-state index < -0.39 is 0 Å². The van der Waals surface area contributed by atoms with E-state index in [2.05, 4.69) is 116 Å². The molecule has 55 heavy (non-hydrogen) atoms. The topological polar surface area (TPSA) is 56.7 Å². The first-order valence-electron chi connectivity index (χ1n) is 18.4. The van der Waals surface area contributed by atoms with Gasteiger partial charge in [-0.15, -0.1) is 47.5 Å². The van der Waals surface area contributed by atoms with Crippen LogP contribution in [0.25, 0.3) is 73.0 Å². The second-order valence-corrected chi connectivity index (χ2v) is 13.9. The van der Waals surface area contributed by atoms with Crippen LogP contribution in [0.15, 0.2) is 162 Å². The predicted molar refractivity (Wildman–Crippen MR) is 220 cm³/mol. The molecule has 0 aliphatic heterocycles. The minimum Gasteiger partial charge on any atom is -0.457 e. The molecule has 6 aromatic carbocycles. The van der Waals surface area contributed by atoms with Crippen LogP contribution in [0.3, 0.4) is 0 Å². The number of pyridine rings is 1. The molecule has 6 heteroatoms. The van der Waals surface area contributed by atoms with Crippen molar-refractivity contribution in [3.8, 4) is 50.9 Å². The first-order valence-corrected chi connectivity index (χ1v) is 18.4. The van der Waals surface area contributed by atoms with Gasteiger partial charge in [0.25, 0.3) is 0 Å². The maximum Gasteiger partial charge on any atom is 0.215 e. The van der Waals surface area contributed by atoms with Crippen LogP contribution in [0.4, 0.5) is 0 Å². The zero-order valence-corrected chi connectivity index (χ0v) is 33.6. The van der Waals surface area contributed by atoms with E-state index in [0.717, 1.165) is 55.9 Å². The molecular weight excluding hydrogens is 853 g/mol. The number of aromatic nitrogens is 4. The molecule has 0 amide bonds. The number of para-hydroxylation sites is 3. The third-order valence-electron chi connectivity index (χ3n) is 9.54. The summed E-state index contributed by atoms with van der Waals surface area (Å²) in [6.07, 6.45) is 1.79. The van der Waals surface area contributed by atoms with Crippen LogP contribution in [0.2, 0.25) is 0 Å². The van der Waals surface area contributed by atoms with Gasteiger partial charge in [-0.1, -0.05) is 130 Å². The molecule has 0 aliphatic rings. The number of hydrogen-bond acceptors (Lipinski definition) is 4. The molecule has 0 aliphatic carbocycles. The minimum atomic E-state index is 0. The number of rotatable bonds is 7. The van der Waals surface area contributed by atoms with Crippen LogP contribution in [0.1, 0.15) is 50.7 Å². The fourth-order valence-electron chi connectivity index (χ4n) is 6.90. The Labute approximate surface area is 336 Å². The molecule has 0 unspecified atom stereocenters. The second-order valence-electron chi connectivity index (χ2n) is 13.9. The van der Waals surface area contributed by atoms with Crippen molar-refractivity contribution in [1.82, 2.24) is 19.5 Å². The SMILES string of the molecule is CC(C)c1cccc(C(C)C)c1-n1c(-c2[c-]c3oc(-c4ccccc4)nc3c(-c3ccccc3)c2)nc2ccccc21.[Ir].[c-]1ccccc1-c1ccccn1. The molecule has 3 aromatic heterocycles. The summed E-state index contributed by atoms with van der Waals surface area (Å²) in [6, 6.07) is 58.0. The van der Waals surface area contributed by atoms with Crippen LogP contribution < -0.4 is 0 Å². The Hall–Kier alpha value is -5.94. The largest absolute Gasteiger partial charge is 0.457 e. The normalized spacial score (nSPS) is 11.1. The molecule has 0 atom stereocenters. The van der Waals surface area contributed by atoms with Crippen LogP contribution >= 0.6 is 0 Å². The summed E-state index contributed by atoms with van der Waals surface area (Å²) in [5, 5.41) is 0. The third kappa shape index (κ3) is 7.70. The molecular formula is C49H40IrN4O-2. The number of oxazole rings is 1. The van der Waals surface area contributed by atoms with E-state index in [9.17, 15) is 0 Å². The molecule has 9 aromatic rings. The molecule has 0 N–H and O–H groups in total. The van der Waals surface area contributed by atoms with Crippen molar-refractivity contribution in [2.24, 2.45) is 0 Å². The number of hydrogen-bond donors (Lipinski definition) is 0. The van der Waals surface area contributed by atoms with E-state index in [1.807, 2.05) is 84.9 Å². The molecule has 5 nitrogen and oxygen atoms in total. The van der Waals surface area contributed by atoms with Gasteiger partial charge in [-0.25, -0.2) is 0 Å². The Bertz CT molecular complexity index is 2590. The Kier molecular flexibility index (Phi) is 11.3. The first-order chi connectivity index (χ1) is 26.5. The van der Waals surface area contributed by atoms with Crippen molar-refractivity contribution in [3.63, 3.8) is 0 Å². The minimum absolute atomic E-state index is 0. The maximum absolute atomic E-state index is 6.42. The maximum atomic E-state index is 6.42. The summed E-state index contributed by atoms with van der Waals surface area (Å²) < 4.78 is 8.75. The molecule has 0 saturated carbocycles. The first kappa shape index (κ1) is 37.4. The number of benzene rings is 6. The second kappa shape index (κ2) is 16.6. The van der Waals surface area contributed by atoms with Gasteiger partial charge < -0.3 is 14.0 Å². The smallest absolute Gasteiger partial charge is 0.215 e. The van der Waals surface area contributed by atoms with Crippen LogP contribution in [0, 0.1) is 12.1 Å². The van der Waals surface area contributed by atoms with E-state index in [1.165, 1.54) is 16.8 Å². The summed E-state index contributed by atoms with van der Waals surface area (Å²) in [7, 11) is 0. The van der Waals surface area contributed by atoms with Gasteiger partial charge in [0, 0.05) is 43.1 Å². The van der Waals surface area contributed by atoms with Gasteiger partial charge in [-0.05, 0) is 64.6 Å². The Balaban J connectivity index is 0.000000305. The monoisotopic (exact) mass is 893 g/mol. The number of imidazole rings is 1. The quantitative estimate of drug-likeness (QED) is 0.150. The summed E-state index contributed by atoms with van der Waals surface area (Å²) in [6.45, 7) is 9.03. The van der Waals surface area contributed by atoms with E-state index in [1.54, 1.807) is 6.20 Å². The molecule has 9 rings (SSSR count). The van der Waals surface area contributed by atoms with Gasteiger partial charge >= 0.3 is 0 Å².